The van der Waals surface area contributed by atoms with Crippen molar-refractivity contribution in [1.82, 2.24) is 4.98 Å². The van der Waals surface area contributed by atoms with E-state index in [0.717, 1.165) is 12.1 Å². The van der Waals surface area contributed by atoms with Gasteiger partial charge in [0.15, 0.2) is 5.96 Å². The lowest BCUT2D eigenvalue weighted by Gasteiger charge is -2.10. The fourth-order valence-electron chi connectivity index (χ4n) is 2.11. The van der Waals surface area contributed by atoms with Crippen molar-refractivity contribution in [2.45, 2.75) is 26.2 Å². The number of benzene rings is 1. The van der Waals surface area contributed by atoms with Gasteiger partial charge >= 0.3 is 0 Å². The van der Waals surface area contributed by atoms with Gasteiger partial charge in [0.1, 0.15) is 6.54 Å². The highest BCUT2D eigenvalue weighted by molar-refractivity contribution is 5.96. The predicted molar refractivity (Wildman–Crippen MR) is 98.1 cm³/mol. The Balaban J connectivity index is 1.86. The van der Waals surface area contributed by atoms with Gasteiger partial charge in [-0.15, -0.1) is 0 Å². The van der Waals surface area contributed by atoms with Crippen molar-refractivity contribution >= 4 is 23.2 Å². The summed E-state index contributed by atoms with van der Waals surface area (Å²) in [5.41, 5.74) is 8.58. The molecule has 1 atom stereocenters. The van der Waals surface area contributed by atoms with Crippen molar-refractivity contribution in [3.63, 3.8) is 0 Å². The molecule has 0 radical (unpaired) electrons. The molecule has 2 aromatic rings. The van der Waals surface area contributed by atoms with Crippen molar-refractivity contribution in [3.8, 4) is 0 Å². The van der Waals surface area contributed by atoms with E-state index in [4.69, 9.17) is 5.73 Å². The van der Waals surface area contributed by atoms with Gasteiger partial charge in [0.2, 0.25) is 5.91 Å². The first kappa shape index (κ1) is 17.5. The molecule has 1 aromatic heterocycles. The van der Waals surface area contributed by atoms with Crippen LogP contribution >= 0.6 is 0 Å². The zero-order valence-corrected chi connectivity index (χ0v) is 14.0. The minimum Gasteiger partial charge on any atom is -0.370 e. The van der Waals surface area contributed by atoms with E-state index in [9.17, 15) is 4.79 Å². The first-order valence-electron chi connectivity index (χ1n) is 7.95. The summed E-state index contributed by atoms with van der Waals surface area (Å²) >= 11 is 0. The number of hydrogen-bond acceptors (Lipinski definition) is 3. The zero-order chi connectivity index (χ0) is 17.4. The molecular weight excluding hydrogens is 302 g/mol. The number of amides is 1. The van der Waals surface area contributed by atoms with Gasteiger partial charge in [-0.3, -0.25) is 9.78 Å². The molecule has 24 heavy (non-hydrogen) atoms. The third-order valence-corrected chi connectivity index (χ3v) is 3.70. The highest BCUT2D eigenvalue weighted by Gasteiger charge is 2.04. The molecule has 4 N–H and O–H groups in total. The van der Waals surface area contributed by atoms with Gasteiger partial charge in [0.05, 0.1) is 11.9 Å². The second kappa shape index (κ2) is 8.67. The number of carbonyl (C=O) groups excluding carboxylic acids is 1. The third-order valence-electron chi connectivity index (χ3n) is 3.70. The maximum Gasteiger partial charge on any atom is 0.246 e. The Kier molecular flexibility index (Phi) is 6.31. The van der Waals surface area contributed by atoms with E-state index >= 15 is 0 Å². The third kappa shape index (κ3) is 5.39. The second-order valence-corrected chi connectivity index (χ2v) is 5.55. The monoisotopic (exact) mass is 325 g/mol. The lowest BCUT2D eigenvalue weighted by atomic mass is 9.99. The number of nitrogens with two attached hydrogens (primary N) is 1. The smallest absolute Gasteiger partial charge is 0.246 e. The molecule has 6 heteroatoms. The standard InChI is InChI=1S/C18H23N5O/c1-3-13(2)14-6-8-15(9-7-14)23-18(19)21-12-17(24)22-16-5-4-10-20-11-16/h4-11,13H,3,12H2,1-2H3,(H,22,24)(H3,19,21,23). The minimum absolute atomic E-state index is 0.0569. The Bertz CT molecular complexity index is 682. The Morgan fingerprint density at radius 1 is 1.21 bits per heavy atom. The molecule has 0 aliphatic carbocycles. The molecule has 0 aliphatic rings. The second-order valence-electron chi connectivity index (χ2n) is 5.55. The maximum absolute atomic E-state index is 11.8. The fraction of sp³-hybridized carbons (Fsp3) is 0.278. The van der Waals surface area contributed by atoms with Gasteiger partial charge in [-0.05, 0) is 42.2 Å². The van der Waals surface area contributed by atoms with Crippen LogP contribution in [0.25, 0.3) is 0 Å². The van der Waals surface area contributed by atoms with Crippen LogP contribution in [0.2, 0.25) is 0 Å². The number of anilines is 2. The Hall–Kier alpha value is -2.89. The Morgan fingerprint density at radius 3 is 2.58 bits per heavy atom. The first-order valence-corrected chi connectivity index (χ1v) is 7.95. The normalized spacial score (nSPS) is 12.5. The fourth-order valence-corrected chi connectivity index (χ4v) is 2.11. The Labute approximate surface area is 142 Å². The molecule has 0 saturated carbocycles. The van der Waals surface area contributed by atoms with Crippen LogP contribution in [0, 0.1) is 0 Å². The van der Waals surface area contributed by atoms with Gasteiger partial charge in [0.25, 0.3) is 0 Å². The van der Waals surface area contributed by atoms with Crippen LogP contribution in [0.5, 0.6) is 0 Å². The van der Waals surface area contributed by atoms with Gasteiger partial charge in [-0.2, -0.15) is 0 Å². The molecule has 2 rings (SSSR count). The van der Waals surface area contributed by atoms with Gasteiger partial charge in [-0.1, -0.05) is 26.0 Å². The Morgan fingerprint density at radius 2 is 1.96 bits per heavy atom. The van der Waals surface area contributed by atoms with Crippen LogP contribution < -0.4 is 16.4 Å². The van der Waals surface area contributed by atoms with Crippen molar-refractivity contribution in [3.05, 3.63) is 54.4 Å². The van der Waals surface area contributed by atoms with Crippen molar-refractivity contribution in [1.29, 1.82) is 0 Å². The molecule has 1 unspecified atom stereocenters. The van der Waals surface area contributed by atoms with E-state index in [2.05, 4.69) is 46.6 Å². The van der Waals surface area contributed by atoms with Crippen LogP contribution in [-0.4, -0.2) is 23.4 Å². The summed E-state index contributed by atoms with van der Waals surface area (Å²) in [4.78, 5) is 19.8. The van der Waals surface area contributed by atoms with E-state index in [1.807, 2.05) is 12.1 Å². The quantitative estimate of drug-likeness (QED) is 0.562. The van der Waals surface area contributed by atoms with Crippen LogP contribution in [0.1, 0.15) is 31.7 Å². The number of nitrogens with one attached hydrogen (secondary N) is 2. The summed E-state index contributed by atoms with van der Waals surface area (Å²) in [6.45, 7) is 4.30. The molecule has 0 spiro atoms. The van der Waals surface area contributed by atoms with E-state index in [1.165, 1.54) is 5.56 Å². The molecular formula is C18H23N5O. The number of hydrogen-bond donors (Lipinski definition) is 3. The van der Waals surface area contributed by atoms with Crippen molar-refractivity contribution in [2.24, 2.45) is 10.7 Å². The molecule has 1 amide bonds. The highest BCUT2D eigenvalue weighted by Crippen LogP contribution is 2.20. The van der Waals surface area contributed by atoms with E-state index in [1.54, 1.807) is 24.5 Å². The van der Waals surface area contributed by atoms with E-state index in [-0.39, 0.29) is 18.4 Å². The number of rotatable bonds is 6. The van der Waals surface area contributed by atoms with Crippen molar-refractivity contribution in [2.75, 3.05) is 17.2 Å². The first-order chi connectivity index (χ1) is 11.6. The van der Waals surface area contributed by atoms with Crippen LogP contribution in [-0.2, 0) is 4.79 Å². The number of pyridine rings is 1. The molecule has 0 saturated heterocycles. The van der Waals surface area contributed by atoms with Crippen molar-refractivity contribution < 1.29 is 4.79 Å². The number of carbonyl (C=O) groups is 1. The lowest BCUT2D eigenvalue weighted by Crippen LogP contribution is -2.25. The molecule has 126 valence electrons. The molecule has 0 aliphatic heterocycles. The summed E-state index contributed by atoms with van der Waals surface area (Å²) < 4.78 is 0. The summed E-state index contributed by atoms with van der Waals surface area (Å²) in [6, 6.07) is 11.6. The maximum atomic E-state index is 11.8. The van der Waals surface area contributed by atoms with Gasteiger partial charge < -0.3 is 16.4 Å². The summed E-state index contributed by atoms with van der Waals surface area (Å²) in [5.74, 6) is 0.480. The highest BCUT2D eigenvalue weighted by atomic mass is 16.1. The zero-order valence-electron chi connectivity index (χ0n) is 14.0. The number of nitrogens with zero attached hydrogens (tertiary/aromatic N) is 2. The SMILES string of the molecule is CCC(C)c1ccc(NC(N)=NCC(=O)Nc2cccnc2)cc1. The largest absolute Gasteiger partial charge is 0.370 e. The lowest BCUT2D eigenvalue weighted by molar-refractivity contribution is -0.114. The van der Waals surface area contributed by atoms with Gasteiger partial charge in [-0.25, -0.2) is 4.99 Å². The molecule has 0 fully saturated rings. The molecule has 1 heterocycles. The summed E-state index contributed by atoms with van der Waals surface area (Å²) in [6.07, 6.45) is 4.31. The average molecular weight is 325 g/mol. The van der Waals surface area contributed by atoms with E-state index < -0.39 is 0 Å². The van der Waals surface area contributed by atoms with Crippen LogP contribution in [0.15, 0.2) is 53.8 Å². The average Bonchev–Trinajstić information content (AvgIpc) is 2.61. The van der Waals surface area contributed by atoms with Crippen LogP contribution in [0.4, 0.5) is 11.4 Å². The van der Waals surface area contributed by atoms with E-state index in [0.29, 0.717) is 11.6 Å². The summed E-state index contributed by atoms with van der Waals surface area (Å²) in [5, 5.41) is 5.68. The topological polar surface area (TPSA) is 92.4 Å². The number of guanidine groups is 1. The predicted octanol–water partition coefficient (Wildman–Crippen LogP) is 2.96. The van der Waals surface area contributed by atoms with Crippen LogP contribution in [0.3, 0.4) is 0 Å². The minimum atomic E-state index is -0.250. The van der Waals surface area contributed by atoms with Gasteiger partial charge in [0, 0.05) is 11.9 Å². The molecule has 0 bridgehead atoms. The molecule has 1 aromatic carbocycles. The number of aliphatic imine (C=N–C) groups is 1. The summed E-state index contributed by atoms with van der Waals surface area (Å²) in [7, 11) is 0. The number of aromatic nitrogens is 1. The molecule has 6 nitrogen and oxygen atoms in total.